The molecule has 1 heterocycles. The number of aromatic nitrogens is 1. The van der Waals surface area contributed by atoms with E-state index in [0.717, 1.165) is 4.90 Å². The Morgan fingerprint density at radius 2 is 2.28 bits per heavy atom. The van der Waals surface area contributed by atoms with E-state index in [1.165, 1.54) is 6.08 Å². The average Bonchev–Trinajstić information content (AvgIpc) is 2.36. The standard InChI is InChI=1S/C12H15N3O3/c1-2-7-15(9-11(16)17)12(18)14-8-10-5-3-4-6-13-10/h2-6H,1,7-9H2,(H,14,18)(H,16,17). The molecule has 0 fully saturated rings. The van der Waals surface area contributed by atoms with Crippen molar-refractivity contribution in [2.75, 3.05) is 13.1 Å². The molecule has 0 spiro atoms. The number of carbonyl (C=O) groups excluding carboxylic acids is 1. The fourth-order valence-corrected chi connectivity index (χ4v) is 1.32. The van der Waals surface area contributed by atoms with Gasteiger partial charge in [0, 0.05) is 12.7 Å². The maximum Gasteiger partial charge on any atom is 0.323 e. The molecule has 6 nitrogen and oxygen atoms in total. The van der Waals surface area contributed by atoms with Crippen molar-refractivity contribution in [3.8, 4) is 0 Å². The molecule has 96 valence electrons. The van der Waals surface area contributed by atoms with Gasteiger partial charge in [-0.15, -0.1) is 6.58 Å². The molecular weight excluding hydrogens is 234 g/mol. The molecule has 2 amide bonds. The molecule has 0 aromatic carbocycles. The van der Waals surface area contributed by atoms with Gasteiger partial charge in [0.25, 0.3) is 0 Å². The SMILES string of the molecule is C=CCN(CC(=O)O)C(=O)NCc1ccccn1. The van der Waals surface area contributed by atoms with E-state index in [4.69, 9.17) is 5.11 Å². The molecule has 0 atom stereocenters. The lowest BCUT2D eigenvalue weighted by molar-refractivity contribution is -0.137. The molecule has 0 saturated heterocycles. The zero-order chi connectivity index (χ0) is 13.4. The van der Waals surface area contributed by atoms with Gasteiger partial charge in [0.2, 0.25) is 0 Å². The summed E-state index contributed by atoms with van der Waals surface area (Å²) in [6.07, 6.45) is 3.10. The molecule has 0 unspecified atom stereocenters. The minimum absolute atomic E-state index is 0.181. The molecular formula is C12H15N3O3. The van der Waals surface area contributed by atoms with E-state index >= 15 is 0 Å². The van der Waals surface area contributed by atoms with E-state index in [0.29, 0.717) is 5.69 Å². The Morgan fingerprint density at radius 3 is 2.83 bits per heavy atom. The molecule has 0 radical (unpaired) electrons. The van der Waals surface area contributed by atoms with Crippen LogP contribution < -0.4 is 5.32 Å². The van der Waals surface area contributed by atoms with Crippen LogP contribution in [0, 0.1) is 0 Å². The Labute approximate surface area is 105 Å². The number of hydrogen-bond acceptors (Lipinski definition) is 3. The number of urea groups is 1. The smallest absolute Gasteiger partial charge is 0.323 e. The second-order valence-electron chi connectivity index (χ2n) is 3.54. The molecule has 1 aromatic heterocycles. The lowest BCUT2D eigenvalue weighted by Gasteiger charge is -2.19. The summed E-state index contributed by atoms with van der Waals surface area (Å²) in [6, 6.07) is 4.91. The highest BCUT2D eigenvalue weighted by Crippen LogP contribution is 1.95. The second kappa shape index (κ2) is 7.05. The van der Waals surface area contributed by atoms with Gasteiger partial charge >= 0.3 is 12.0 Å². The van der Waals surface area contributed by atoms with Crippen LogP contribution in [0.1, 0.15) is 5.69 Å². The highest BCUT2D eigenvalue weighted by molar-refractivity contribution is 5.80. The van der Waals surface area contributed by atoms with Crippen LogP contribution in [0.2, 0.25) is 0 Å². The molecule has 18 heavy (non-hydrogen) atoms. The third-order valence-corrected chi connectivity index (χ3v) is 2.11. The van der Waals surface area contributed by atoms with Gasteiger partial charge in [-0.05, 0) is 12.1 Å². The number of nitrogens with one attached hydrogen (secondary N) is 1. The molecule has 1 aromatic rings. The van der Waals surface area contributed by atoms with Gasteiger partial charge in [0.1, 0.15) is 6.54 Å². The van der Waals surface area contributed by atoms with Crippen molar-refractivity contribution >= 4 is 12.0 Å². The van der Waals surface area contributed by atoms with E-state index in [2.05, 4.69) is 16.9 Å². The molecule has 1 rings (SSSR count). The van der Waals surface area contributed by atoms with Crippen LogP contribution in [0.3, 0.4) is 0 Å². The lowest BCUT2D eigenvalue weighted by atomic mass is 10.3. The van der Waals surface area contributed by atoms with Crippen LogP contribution in [0.25, 0.3) is 0 Å². The molecule has 0 saturated carbocycles. The Bertz CT molecular complexity index is 420. The van der Waals surface area contributed by atoms with Crippen molar-refractivity contribution in [3.05, 3.63) is 42.7 Å². The van der Waals surface area contributed by atoms with Crippen molar-refractivity contribution in [1.82, 2.24) is 15.2 Å². The van der Waals surface area contributed by atoms with Crippen molar-refractivity contribution in [2.45, 2.75) is 6.54 Å². The molecule has 6 heteroatoms. The van der Waals surface area contributed by atoms with E-state index in [-0.39, 0.29) is 19.6 Å². The highest BCUT2D eigenvalue weighted by atomic mass is 16.4. The van der Waals surface area contributed by atoms with Crippen molar-refractivity contribution in [1.29, 1.82) is 0 Å². The van der Waals surface area contributed by atoms with Gasteiger partial charge in [-0.2, -0.15) is 0 Å². The number of aliphatic carboxylic acids is 1. The Kier molecular flexibility index (Phi) is 5.37. The van der Waals surface area contributed by atoms with Crippen molar-refractivity contribution < 1.29 is 14.7 Å². The second-order valence-corrected chi connectivity index (χ2v) is 3.54. The third-order valence-electron chi connectivity index (χ3n) is 2.11. The summed E-state index contributed by atoms with van der Waals surface area (Å²) >= 11 is 0. The Morgan fingerprint density at radius 1 is 1.50 bits per heavy atom. The van der Waals surface area contributed by atoms with Gasteiger partial charge in [-0.25, -0.2) is 4.79 Å². The quantitative estimate of drug-likeness (QED) is 0.733. The fraction of sp³-hybridized carbons (Fsp3) is 0.250. The monoisotopic (exact) mass is 249 g/mol. The Balaban J connectivity index is 2.51. The summed E-state index contributed by atoms with van der Waals surface area (Å²) < 4.78 is 0. The van der Waals surface area contributed by atoms with Crippen molar-refractivity contribution in [3.63, 3.8) is 0 Å². The van der Waals surface area contributed by atoms with Crippen LogP contribution in [-0.2, 0) is 11.3 Å². The molecule has 0 aliphatic carbocycles. The number of rotatable bonds is 6. The number of pyridine rings is 1. The summed E-state index contributed by atoms with van der Waals surface area (Å²) in [7, 11) is 0. The van der Waals surface area contributed by atoms with Crippen LogP contribution in [0.15, 0.2) is 37.1 Å². The minimum atomic E-state index is -1.06. The van der Waals surface area contributed by atoms with Gasteiger partial charge < -0.3 is 15.3 Å². The van der Waals surface area contributed by atoms with Crippen molar-refractivity contribution in [2.24, 2.45) is 0 Å². The van der Waals surface area contributed by atoms with E-state index in [1.54, 1.807) is 18.3 Å². The van der Waals surface area contributed by atoms with Crippen LogP contribution in [0.5, 0.6) is 0 Å². The first-order valence-corrected chi connectivity index (χ1v) is 5.39. The summed E-state index contributed by atoms with van der Waals surface area (Å²) in [5.74, 6) is -1.06. The number of amides is 2. The predicted octanol–water partition coefficient (Wildman–Crippen LogP) is 0.864. The van der Waals surface area contributed by atoms with E-state index in [9.17, 15) is 9.59 Å². The van der Waals surface area contributed by atoms with E-state index < -0.39 is 12.0 Å². The average molecular weight is 249 g/mol. The molecule has 0 bridgehead atoms. The maximum atomic E-state index is 11.7. The maximum absolute atomic E-state index is 11.7. The summed E-state index contributed by atoms with van der Waals surface area (Å²) in [5, 5.41) is 11.3. The van der Waals surface area contributed by atoms with Crippen LogP contribution in [-0.4, -0.2) is 40.1 Å². The number of hydrogen-bond donors (Lipinski definition) is 2. The fourth-order valence-electron chi connectivity index (χ4n) is 1.32. The first kappa shape index (κ1) is 13.7. The highest BCUT2D eigenvalue weighted by Gasteiger charge is 2.14. The molecule has 0 aliphatic rings. The number of carboxylic acid groups (broad SMARTS) is 1. The summed E-state index contributed by atoms with van der Waals surface area (Å²) in [4.78, 5) is 27.5. The zero-order valence-electron chi connectivity index (χ0n) is 9.87. The predicted molar refractivity (Wildman–Crippen MR) is 65.9 cm³/mol. The number of nitrogens with zero attached hydrogens (tertiary/aromatic N) is 2. The van der Waals surface area contributed by atoms with Gasteiger partial charge in [0.15, 0.2) is 0 Å². The topological polar surface area (TPSA) is 82.5 Å². The van der Waals surface area contributed by atoms with Gasteiger partial charge in [0.05, 0.1) is 12.2 Å². The Hall–Kier alpha value is -2.37. The molecule has 2 N–H and O–H groups in total. The molecule has 0 aliphatic heterocycles. The summed E-state index contributed by atoms with van der Waals surface area (Å²) in [6.45, 7) is 3.56. The zero-order valence-corrected chi connectivity index (χ0v) is 9.87. The largest absolute Gasteiger partial charge is 0.480 e. The first-order chi connectivity index (χ1) is 8.63. The number of carboxylic acids is 1. The lowest BCUT2D eigenvalue weighted by Crippen LogP contribution is -2.42. The van der Waals surface area contributed by atoms with Crippen LogP contribution >= 0.6 is 0 Å². The first-order valence-electron chi connectivity index (χ1n) is 5.39. The third kappa shape index (κ3) is 4.65. The van der Waals surface area contributed by atoms with Gasteiger partial charge in [-0.1, -0.05) is 12.1 Å². The van der Waals surface area contributed by atoms with E-state index in [1.807, 2.05) is 6.07 Å². The van der Waals surface area contributed by atoms with Gasteiger partial charge in [-0.3, -0.25) is 9.78 Å². The van der Waals surface area contributed by atoms with Crippen LogP contribution in [0.4, 0.5) is 4.79 Å². The normalized spacial score (nSPS) is 9.56. The minimum Gasteiger partial charge on any atom is -0.480 e. The summed E-state index contributed by atoms with van der Waals surface area (Å²) in [5.41, 5.74) is 0.708. The number of carbonyl (C=O) groups is 2.